The Bertz CT molecular complexity index is 1210. The predicted molar refractivity (Wildman–Crippen MR) is 125 cm³/mol. The van der Waals surface area contributed by atoms with Gasteiger partial charge in [0.1, 0.15) is 22.2 Å². The van der Waals surface area contributed by atoms with E-state index in [2.05, 4.69) is 10.3 Å². The Kier molecular flexibility index (Phi) is 7.46. The first kappa shape index (κ1) is 24.1. The highest BCUT2D eigenvalue weighted by atomic mass is 35.5. The molecule has 0 unspecified atom stereocenters. The van der Waals surface area contributed by atoms with Gasteiger partial charge >= 0.3 is 5.97 Å². The van der Waals surface area contributed by atoms with Gasteiger partial charge < -0.3 is 14.5 Å². The summed E-state index contributed by atoms with van der Waals surface area (Å²) in [7, 11) is 0. The number of carbonyl (C=O) groups is 1. The average molecular weight is 479 g/mol. The third-order valence-electron chi connectivity index (χ3n) is 4.30. The zero-order valence-electron chi connectivity index (χ0n) is 18.3. The van der Waals surface area contributed by atoms with Gasteiger partial charge in [0, 0.05) is 18.2 Å². The first-order valence-corrected chi connectivity index (χ1v) is 11.5. The Balaban J connectivity index is 1.86. The van der Waals surface area contributed by atoms with Crippen molar-refractivity contribution in [2.75, 3.05) is 17.6 Å². The molecular formula is C23H24ClFN2O4S. The fraction of sp³-hybridized carbons (Fsp3) is 0.348. The van der Waals surface area contributed by atoms with Gasteiger partial charge in [-0.15, -0.1) is 0 Å². The summed E-state index contributed by atoms with van der Waals surface area (Å²) < 4.78 is 25.4. The number of hydrogen-bond donors (Lipinski definition) is 1. The van der Waals surface area contributed by atoms with E-state index in [1.165, 1.54) is 30.0 Å². The topological polar surface area (TPSA) is 81.4 Å². The molecule has 1 N–H and O–H groups in total. The SMILES string of the molecule is CCSc1cc(=O)c2cc(F)cc(CCNc3ccc(Cl)nc3C(=O)OC(C)(C)C)c2o1. The van der Waals surface area contributed by atoms with E-state index < -0.39 is 17.4 Å². The average Bonchev–Trinajstić information content (AvgIpc) is 2.68. The molecule has 3 aromatic rings. The summed E-state index contributed by atoms with van der Waals surface area (Å²) in [5, 5.41) is 3.97. The number of halogens is 2. The summed E-state index contributed by atoms with van der Waals surface area (Å²) in [6.45, 7) is 7.56. The van der Waals surface area contributed by atoms with Gasteiger partial charge in [-0.25, -0.2) is 14.2 Å². The molecule has 0 fully saturated rings. The van der Waals surface area contributed by atoms with Crippen LogP contribution in [0.3, 0.4) is 0 Å². The Labute approximate surface area is 194 Å². The molecule has 6 nitrogen and oxygen atoms in total. The Morgan fingerprint density at radius 3 is 2.72 bits per heavy atom. The fourth-order valence-corrected chi connectivity index (χ4v) is 3.82. The Morgan fingerprint density at radius 1 is 1.28 bits per heavy atom. The van der Waals surface area contributed by atoms with Gasteiger partial charge in [0.05, 0.1) is 11.1 Å². The van der Waals surface area contributed by atoms with Crippen molar-refractivity contribution in [2.45, 2.75) is 44.8 Å². The van der Waals surface area contributed by atoms with Gasteiger partial charge in [-0.1, -0.05) is 30.3 Å². The largest absolute Gasteiger partial charge is 0.455 e. The van der Waals surface area contributed by atoms with Crippen LogP contribution in [-0.2, 0) is 11.2 Å². The van der Waals surface area contributed by atoms with Crippen molar-refractivity contribution in [3.05, 3.63) is 62.8 Å². The number of hydrogen-bond acceptors (Lipinski definition) is 7. The number of thioether (sulfide) groups is 1. The molecule has 0 amide bonds. The number of anilines is 1. The molecule has 9 heteroatoms. The van der Waals surface area contributed by atoms with Crippen LogP contribution in [0.25, 0.3) is 11.0 Å². The number of carbonyl (C=O) groups excluding carboxylic acids is 1. The number of rotatable bonds is 7. The number of esters is 1. The van der Waals surface area contributed by atoms with Crippen molar-refractivity contribution >= 4 is 46.0 Å². The van der Waals surface area contributed by atoms with Crippen molar-refractivity contribution in [1.29, 1.82) is 0 Å². The zero-order chi connectivity index (χ0) is 23.5. The molecule has 0 aliphatic rings. The molecule has 0 aliphatic heterocycles. The molecule has 0 saturated carbocycles. The molecule has 0 aliphatic carbocycles. The molecule has 2 aromatic heterocycles. The molecule has 0 spiro atoms. The molecule has 1 aromatic carbocycles. The summed E-state index contributed by atoms with van der Waals surface area (Å²) in [5.41, 5.74) is 0.426. The number of pyridine rings is 1. The molecule has 3 rings (SSSR count). The van der Waals surface area contributed by atoms with Crippen LogP contribution < -0.4 is 10.7 Å². The maximum atomic E-state index is 14.2. The minimum Gasteiger partial charge on any atom is -0.455 e. The predicted octanol–water partition coefficient (Wildman–Crippen LogP) is 5.70. The first-order chi connectivity index (χ1) is 15.1. The highest BCUT2D eigenvalue weighted by molar-refractivity contribution is 7.99. The fourth-order valence-electron chi connectivity index (χ4n) is 3.06. The Hall–Kier alpha value is -2.58. The molecule has 0 radical (unpaired) electrons. The second kappa shape index (κ2) is 9.92. The number of ether oxygens (including phenoxy) is 1. The van der Waals surface area contributed by atoms with Crippen molar-refractivity contribution < 1.29 is 18.3 Å². The minimum absolute atomic E-state index is 0.0599. The minimum atomic E-state index is -0.690. The van der Waals surface area contributed by atoms with Crippen LogP contribution in [0.1, 0.15) is 43.7 Å². The lowest BCUT2D eigenvalue weighted by molar-refractivity contribution is 0.00641. The maximum Gasteiger partial charge on any atom is 0.359 e. The second-order valence-corrected chi connectivity index (χ2v) is 9.67. The van der Waals surface area contributed by atoms with E-state index in [9.17, 15) is 14.0 Å². The third-order valence-corrected chi connectivity index (χ3v) is 5.28. The molecule has 0 bridgehead atoms. The summed E-state index contributed by atoms with van der Waals surface area (Å²) >= 11 is 7.37. The molecule has 32 heavy (non-hydrogen) atoms. The maximum absolute atomic E-state index is 14.2. The number of fused-ring (bicyclic) bond motifs is 1. The monoisotopic (exact) mass is 478 g/mol. The zero-order valence-corrected chi connectivity index (χ0v) is 19.8. The number of benzene rings is 1. The van der Waals surface area contributed by atoms with Crippen LogP contribution in [0.4, 0.5) is 10.1 Å². The first-order valence-electron chi connectivity index (χ1n) is 10.1. The number of nitrogens with zero attached hydrogens (tertiary/aromatic N) is 1. The lowest BCUT2D eigenvalue weighted by atomic mass is 10.1. The summed E-state index contributed by atoms with van der Waals surface area (Å²) in [5.74, 6) is -0.381. The van der Waals surface area contributed by atoms with Gasteiger partial charge in [0.2, 0.25) is 0 Å². The van der Waals surface area contributed by atoms with Crippen LogP contribution in [-0.4, -0.2) is 28.9 Å². The van der Waals surface area contributed by atoms with Crippen LogP contribution in [0.5, 0.6) is 0 Å². The van der Waals surface area contributed by atoms with E-state index in [-0.39, 0.29) is 21.7 Å². The highest BCUT2D eigenvalue weighted by Gasteiger charge is 2.22. The van der Waals surface area contributed by atoms with Gasteiger partial charge in [0.25, 0.3) is 0 Å². The van der Waals surface area contributed by atoms with Crippen molar-refractivity contribution in [3.8, 4) is 0 Å². The van der Waals surface area contributed by atoms with Gasteiger partial charge in [0.15, 0.2) is 16.2 Å². The highest BCUT2D eigenvalue weighted by Crippen LogP contribution is 2.26. The van der Waals surface area contributed by atoms with E-state index in [1.54, 1.807) is 32.9 Å². The van der Waals surface area contributed by atoms with Crippen molar-refractivity contribution in [1.82, 2.24) is 4.98 Å². The van der Waals surface area contributed by atoms with E-state index in [4.69, 9.17) is 20.8 Å². The third kappa shape index (κ3) is 6.01. The molecule has 170 valence electrons. The lowest BCUT2D eigenvalue weighted by Crippen LogP contribution is -2.25. The molecular weight excluding hydrogens is 455 g/mol. The summed E-state index contributed by atoms with van der Waals surface area (Å²) in [4.78, 5) is 29.0. The van der Waals surface area contributed by atoms with E-state index in [0.29, 0.717) is 34.9 Å². The van der Waals surface area contributed by atoms with Crippen LogP contribution >= 0.6 is 23.4 Å². The summed E-state index contributed by atoms with van der Waals surface area (Å²) in [6, 6.07) is 7.10. The van der Waals surface area contributed by atoms with E-state index >= 15 is 0 Å². The van der Waals surface area contributed by atoms with E-state index in [0.717, 1.165) is 5.75 Å². The molecule has 0 atom stereocenters. The van der Waals surface area contributed by atoms with Gasteiger partial charge in [-0.05, 0) is 57.2 Å². The van der Waals surface area contributed by atoms with Gasteiger partial charge in [-0.2, -0.15) is 0 Å². The lowest BCUT2D eigenvalue weighted by Gasteiger charge is -2.20. The van der Waals surface area contributed by atoms with Crippen LogP contribution in [0.2, 0.25) is 5.15 Å². The van der Waals surface area contributed by atoms with E-state index in [1.807, 2.05) is 6.92 Å². The van der Waals surface area contributed by atoms with Gasteiger partial charge in [-0.3, -0.25) is 4.79 Å². The molecule has 2 heterocycles. The van der Waals surface area contributed by atoms with Crippen molar-refractivity contribution in [2.24, 2.45) is 0 Å². The van der Waals surface area contributed by atoms with Crippen LogP contribution in [0.15, 0.2) is 44.6 Å². The standard InChI is InChI=1S/C23H24ClFN2O4S/c1-5-32-19-12-17(28)15-11-14(25)10-13(21(15)30-19)8-9-26-16-6-7-18(24)27-20(16)22(29)31-23(2,3)4/h6-7,10-12,26H,5,8-9H2,1-4H3. The van der Waals surface area contributed by atoms with Crippen LogP contribution in [0, 0.1) is 5.82 Å². The number of aromatic nitrogens is 1. The molecule has 0 saturated heterocycles. The van der Waals surface area contributed by atoms with Crippen molar-refractivity contribution in [3.63, 3.8) is 0 Å². The Morgan fingerprint density at radius 2 is 2.03 bits per heavy atom. The summed E-state index contributed by atoms with van der Waals surface area (Å²) in [6.07, 6.45) is 0.341. The normalized spacial score (nSPS) is 11.6. The second-order valence-electron chi connectivity index (χ2n) is 8.01. The quantitative estimate of drug-likeness (QED) is 0.265. The smallest absolute Gasteiger partial charge is 0.359 e. The number of nitrogens with one attached hydrogen (secondary N) is 1.